The molecule has 0 radical (unpaired) electrons. The van der Waals surface area contributed by atoms with E-state index in [1.165, 1.54) is 0 Å². The molecule has 3 heteroatoms. The molecule has 0 aromatic heterocycles. The van der Waals surface area contributed by atoms with Gasteiger partial charge in [0.25, 0.3) is 0 Å². The fraction of sp³-hybridized carbons (Fsp3) is 0.364. The molecule has 0 saturated heterocycles. The highest BCUT2D eigenvalue weighted by molar-refractivity contribution is 5.91. The topological polar surface area (TPSA) is 63.3 Å². The van der Waals surface area contributed by atoms with Gasteiger partial charge in [0.05, 0.1) is 5.56 Å². The van der Waals surface area contributed by atoms with Gasteiger partial charge in [0.1, 0.15) is 0 Å². The summed E-state index contributed by atoms with van der Waals surface area (Å²) in [4.78, 5) is 11.0. The summed E-state index contributed by atoms with van der Waals surface area (Å²) in [6, 6.07) is 4.97. The van der Waals surface area contributed by atoms with Gasteiger partial charge < -0.3 is 10.8 Å². The number of nitrogens with two attached hydrogens (primary N) is 1. The highest BCUT2D eigenvalue weighted by Gasteiger charge is 2.23. The van der Waals surface area contributed by atoms with Crippen molar-refractivity contribution in [3.05, 3.63) is 29.3 Å². The Balaban J connectivity index is 3.45. The minimum absolute atomic E-state index is 0.251. The second kappa shape index (κ2) is 3.33. The Morgan fingerprint density at radius 3 is 2.29 bits per heavy atom. The van der Waals surface area contributed by atoms with Crippen LogP contribution in [-0.4, -0.2) is 11.1 Å². The van der Waals surface area contributed by atoms with Crippen LogP contribution in [0.3, 0.4) is 0 Å². The molecule has 1 aromatic carbocycles. The normalized spacial score (nSPS) is 11.4. The Labute approximate surface area is 83.6 Å². The number of carboxylic acids is 1. The van der Waals surface area contributed by atoms with E-state index in [2.05, 4.69) is 0 Å². The van der Waals surface area contributed by atoms with E-state index >= 15 is 0 Å². The maximum absolute atomic E-state index is 11.0. The summed E-state index contributed by atoms with van der Waals surface area (Å²) >= 11 is 0. The van der Waals surface area contributed by atoms with E-state index in [1.54, 1.807) is 18.2 Å². The first-order chi connectivity index (χ1) is 6.34. The van der Waals surface area contributed by atoms with Gasteiger partial charge in [-0.05, 0) is 23.1 Å². The molecule has 0 aliphatic heterocycles. The van der Waals surface area contributed by atoms with Crippen molar-refractivity contribution in [2.24, 2.45) is 0 Å². The van der Waals surface area contributed by atoms with Crippen LogP contribution in [0.5, 0.6) is 0 Å². The second-order valence-corrected chi connectivity index (χ2v) is 4.32. The van der Waals surface area contributed by atoms with Crippen LogP contribution in [0.4, 0.5) is 5.69 Å². The first-order valence-electron chi connectivity index (χ1n) is 4.46. The predicted octanol–water partition coefficient (Wildman–Crippen LogP) is 2.26. The molecule has 3 N–H and O–H groups in total. The number of carboxylic acid groups (broad SMARTS) is 1. The van der Waals surface area contributed by atoms with Crippen LogP contribution in [0, 0.1) is 0 Å². The highest BCUT2D eigenvalue weighted by Crippen LogP contribution is 2.30. The minimum atomic E-state index is -0.928. The Bertz CT molecular complexity index is 364. The molecule has 0 saturated carbocycles. The number of hydrogen-bond acceptors (Lipinski definition) is 2. The molecule has 0 unspecified atom stereocenters. The van der Waals surface area contributed by atoms with Crippen LogP contribution in [0.2, 0.25) is 0 Å². The van der Waals surface area contributed by atoms with Gasteiger partial charge in [0.15, 0.2) is 0 Å². The molecule has 0 atom stereocenters. The largest absolute Gasteiger partial charge is 0.478 e. The molecule has 1 rings (SSSR count). The van der Waals surface area contributed by atoms with Crippen molar-refractivity contribution in [1.29, 1.82) is 0 Å². The third kappa shape index (κ3) is 1.87. The molecule has 0 amide bonds. The molecule has 14 heavy (non-hydrogen) atoms. The zero-order valence-electron chi connectivity index (χ0n) is 8.66. The predicted molar refractivity (Wildman–Crippen MR) is 56.5 cm³/mol. The van der Waals surface area contributed by atoms with E-state index < -0.39 is 5.97 Å². The third-order valence-electron chi connectivity index (χ3n) is 2.08. The average Bonchev–Trinajstić information content (AvgIpc) is 2.01. The quantitative estimate of drug-likeness (QED) is 0.672. The van der Waals surface area contributed by atoms with E-state index in [-0.39, 0.29) is 11.0 Å². The maximum atomic E-state index is 11.0. The molecule has 1 aromatic rings. The first-order valence-corrected chi connectivity index (χ1v) is 4.46. The summed E-state index contributed by atoms with van der Waals surface area (Å²) in [6.07, 6.45) is 0. The van der Waals surface area contributed by atoms with Crippen molar-refractivity contribution in [2.45, 2.75) is 26.2 Å². The van der Waals surface area contributed by atoms with Crippen LogP contribution >= 0.6 is 0 Å². The van der Waals surface area contributed by atoms with Crippen LogP contribution in [0.25, 0.3) is 0 Å². The monoisotopic (exact) mass is 193 g/mol. The van der Waals surface area contributed by atoms with Gasteiger partial charge in [-0.15, -0.1) is 0 Å². The number of carbonyl (C=O) groups is 1. The summed E-state index contributed by atoms with van der Waals surface area (Å²) in [7, 11) is 0. The second-order valence-electron chi connectivity index (χ2n) is 4.32. The molecule has 0 bridgehead atoms. The number of hydrogen-bond donors (Lipinski definition) is 2. The lowest BCUT2D eigenvalue weighted by Crippen LogP contribution is -2.19. The Kier molecular flexibility index (Phi) is 2.51. The maximum Gasteiger partial charge on any atom is 0.336 e. The van der Waals surface area contributed by atoms with Crippen molar-refractivity contribution in [3.63, 3.8) is 0 Å². The van der Waals surface area contributed by atoms with Gasteiger partial charge in [-0.1, -0.05) is 26.8 Å². The van der Waals surface area contributed by atoms with Gasteiger partial charge in [0.2, 0.25) is 0 Å². The molecule has 76 valence electrons. The van der Waals surface area contributed by atoms with Crippen molar-refractivity contribution >= 4 is 11.7 Å². The first kappa shape index (κ1) is 10.6. The van der Waals surface area contributed by atoms with Crippen molar-refractivity contribution in [1.82, 2.24) is 0 Å². The van der Waals surface area contributed by atoms with E-state index in [0.717, 1.165) is 0 Å². The summed E-state index contributed by atoms with van der Waals surface area (Å²) in [5, 5.41) is 9.00. The van der Waals surface area contributed by atoms with Crippen molar-refractivity contribution < 1.29 is 9.90 Å². The SMILES string of the molecule is CC(C)(C)c1c(N)cccc1C(=O)O. The number of nitrogen functional groups attached to an aromatic ring is 1. The van der Waals surface area contributed by atoms with Crippen molar-refractivity contribution in [3.8, 4) is 0 Å². The molecule has 0 spiro atoms. The Morgan fingerprint density at radius 1 is 1.36 bits per heavy atom. The van der Waals surface area contributed by atoms with Crippen LogP contribution in [0.1, 0.15) is 36.7 Å². The smallest absolute Gasteiger partial charge is 0.336 e. The van der Waals surface area contributed by atoms with Gasteiger partial charge in [-0.25, -0.2) is 4.79 Å². The Hall–Kier alpha value is -1.51. The zero-order chi connectivity index (χ0) is 10.9. The number of benzene rings is 1. The van der Waals surface area contributed by atoms with E-state index in [0.29, 0.717) is 11.3 Å². The standard InChI is InChI=1S/C11H15NO2/c1-11(2,3)9-7(10(13)14)5-4-6-8(9)12/h4-6H,12H2,1-3H3,(H,13,14). The summed E-state index contributed by atoms with van der Waals surface area (Å²) in [5.41, 5.74) is 7.06. The summed E-state index contributed by atoms with van der Waals surface area (Å²) in [6.45, 7) is 5.85. The van der Waals surface area contributed by atoms with Gasteiger partial charge in [0, 0.05) is 5.69 Å². The molecule has 0 fully saturated rings. The van der Waals surface area contributed by atoms with Gasteiger partial charge in [-0.2, -0.15) is 0 Å². The zero-order valence-corrected chi connectivity index (χ0v) is 8.66. The number of rotatable bonds is 1. The Morgan fingerprint density at radius 2 is 1.93 bits per heavy atom. The molecular weight excluding hydrogens is 178 g/mol. The van der Waals surface area contributed by atoms with E-state index in [1.807, 2.05) is 20.8 Å². The fourth-order valence-corrected chi connectivity index (χ4v) is 1.59. The summed E-state index contributed by atoms with van der Waals surface area (Å²) < 4.78 is 0. The van der Waals surface area contributed by atoms with Crippen LogP contribution < -0.4 is 5.73 Å². The molecular formula is C11H15NO2. The van der Waals surface area contributed by atoms with Crippen LogP contribution in [0.15, 0.2) is 18.2 Å². The molecule has 0 aliphatic carbocycles. The number of anilines is 1. The minimum Gasteiger partial charge on any atom is -0.478 e. The fourth-order valence-electron chi connectivity index (χ4n) is 1.59. The van der Waals surface area contributed by atoms with Gasteiger partial charge >= 0.3 is 5.97 Å². The molecule has 0 heterocycles. The lowest BCUT2D eigenvalue weighted by molar-refractivity contribution is 0.0694. The summed E-state index contributed by atoms with van der Waals surface area (Å²) in [5.74, 6) is -0.928. The number of aromatic carboxylic acids is 1. The van der Waals surface area contributed by atoms with Crippen molar-refractivity contribution in [2.75, 3.05) is 5.73 Å². The molecule has 0 aliphatic rings. The van der Waals surface area contributed by atoms with Crippen LogP contribution in [-0.2, 0) is 5.41 Å². The highest BCUT2D eigenvalue weighted by atomic mass is 16.4. The molecule has 3 nitrogen and oxygen atoms in total. The lowest BCUT2D eigenvalue weighted by atomic mass is 9.82. The lowest BCUT2D eigenvalue weighted by Gasteiger charge is -2.23. The van der Waals surface area contributed by atoms with E-state index in [9.17, 15) is 4.79 Å². The van der Waals surface area contributed by atoms with Gasteiger partial charge in [-0.3, -0.25) is 0 Å². The van der Waals surface area contributed by atoms with E-state index in [4.69, 9.17) is 10.8 Å². The average molecular weight is 193 g/mol. The third-order valence-corrected chi connectivity index (χ3v) is 2.08.